The lowest BCUT2D eigenvalue weighted by atomic mass is 10.1. The fourth-order valence-corrected chi connectivity index (χ4v) is 3.50. The second-order valence-electron chi connectivity index (χ2n) is 4.83. The van der Waals surface area contributed by atoms with Crippen molar-refractivity contribution in [2.75, 3.05) is 4.90 Å². The van der Waals surface area contributed by atoms with Gasteiger partial charge in [-0.2, -0.15) is 0 Å². The molecule has 1 saturated heterocycles. The van der Waals surface area contributed by atoms with Gasteiger partial charge >= 0.3 is 0 Å². The first-order valence-electron chi connectivity index (χ1n) is 6.66. The molecule has 0 spiro atoms. The second kappa shape index (κ2) is 6.02. The van der Waals surface area contributed by atoms with E-state index in [-0.39, 0.29) is 11.7 Å². The number of rotatable bonds is 2. The lowest BCUT2D eigenvalue weighted by molar-refractivity contribution is -0.113. The Morgan fingerprint density at radius 2 is 1.82 bits per heavy atom. The highest BCUT2D eigenvalue weighted by Gasteiger charge is 2.34. The molecule has 110 valence electrons. The zero-order valence-electron chi connectivity index (χ0n) is 11.7. The summed E-state index contributed by atoms with van der Waals surface area (Å²) < 4.78 is 14.2. The van der Waals surface area contributed by atoms with E-state index >= 15 is 0 Å². The van der Waals surface area contributed by atoms with E-state index in [4.69, 9.17) is 12.2 Å². The summed E-state index contributed by atoms with van der Waals surface area (Å²) in [5, 5.41) is 0. The Bertz CT molecular complexity index is 801. The predicted molar refractivity (Wildman–Crippen MR) is 93.2 cm³/mol. The van der Waals surface area contributed by atoms with Crippen LogP contribution in [0.15, 0.2) is 53.4 Å². The van der Waals surface area contributed by atoms with Gasteiger partial charge in [-0.3, -0.25) is 9.69 Å². The van der Waals surface area contributed by atoms with Gasteiger partial charge in [0.2, 0.25) is 0 Å². The molecule has 3 rings (SSSR count). The molecule has 2 nitrogen and oxygen atoms in total. The molecule has 0 atom stereocenters. The molecule has 0 N–H and O–H groups in total. The molecule has 2 aromatic carbocycles. The molecule has 1 aliphatic heterocycles. The Kier molecular flexibility index (Phi) is 4.09. The van der Waals surface area contributed by atoms with E-state index < -0.39 is 0 Å². The smallest absolute Gasteiger partial charge is 0.268 e. The summed E-state index contributed by atoms with van der Waals surface area (Å²) in [5.41, 5.74) is 2.11. The van der Waals surface area contributed by atoms with Gasteiger partial charge in [-0.1, -0.05) is 60.4 Å². The third-order valence-electron chi connectivity index (χ3n) is 3.34. The molecule has 1 heterocycles. The monoisotopic (exact) mass is 329 g/mol. The first kappa shape index (κ1) is 14.9. The number of anilines is 1. The number of aryl methyl sites for hydroxylation is 1. The van der Waals surface area contributed by atoms with Crippen molar-refractivity contribution in [2.24, 2.45) is 0 Å². The number of carbonyl (C=O) groups is 1. The third-order valence-corrected chi connectivity index (χ3v) is 4.64. The van der Waals surface area contributed by atoms with Gasteiger partial charge in [0.25, 0.3) is 5.91 Å². The molecule has 0 saturated carbocycles. The number of carbonyl (C=O) groups excluding carboxylic acids is 1. The van der Waals surface area contributed by atoms with Gasteiger partial charge in [-0.15, -0.1) is 0 Å². The van der Waals surface area contributed by atoms with Gasteiger partial charge < -0.3 is 0 Å². The van der Waals surface area contributed by atoms with E-state index in [0.29, 0.717) is 14.8 Å². The molecule has 1 aliphatic rings. The molecule has 22 heavy (non-hydrogen) atoms. The highest BCUT2D eigenvalue weighted by atomic mass is 32.2. The molecule has 0 unspecified atom stereocenters. The van der Waals surface area contributed by atoms with Crippen molar-refractivity contribution in [3.63, 3.8) is 0 Å². The van der Waals surface area contributed by atoms with E-state index in [1.807, 2.05) is 31.2 Å². The van der Waals surface area contributed by atoms with Crippen LogP contribution in [0.3, 0.4) is 0 Å². The van der Waals surface area contributed by atoms with Crippen molar-refractivity contribution in [3.8, 4) is 0 Å². The number of thioether (sulfide) groups is 1. The van der Waals surface area contributed by atoms with Crippen LogP contribution in [0.2, 0.25) is 0 Å². The molecular formula is C17H12FNOS2. The van der Waals surface area contributed by atoms with Gasteiger partial charge in [0.05, 0.1) is 10.6 Å². The number of hydrogen-bond acceptors (Lipinski definition) is 3. The summed E-state index contributed by atoms with van der Waals surface area (Å²) in [6.07, 6.45) is 1.55. The Balaban J connectivity index is 1.99. The molecule has 0 bridgehead atoms. The summed E-state index contributed by atoms with van der Waals surface area (Å²) in [4.78, 5) is 14.5. The normalized spacial score (nSPS) is 16.6. The minimum atomic E-state index is -0.358. The molecule has 0 aromatic heterocycles. The minimum Gasteiger partial charge on any atom is -0.268 e. The Labute approximate surface area is 137 Å². The average Bonchev–Trinajstić information content (AvgIpc) is 2.77. The summed E-state index contributed by atoms with van der Waals surface area (Å²) in [7, 11) is 0. The van der Waals surface area contributed by atoms with Crippen LogP contribution < -0.4 is 4.90 Å². The highest BCUT2D eigenvalue weighted by Crippen LogP contribution is 2.37. The van der Waals surface area contributed by atoms with Gasteiger partial charge in [-0.05, 0) is 30.7 Å². The maximum atomic E-state index is 13.7. The fourth-order valence-electron chi connectivity index (χ4n) is 2.22. The quantitative estimate of drug-likeness (QED) is 0.596. The van der Waals surface area contributed by atoms with Crippen molar-refractivity contribution in [1.29, 1.82) is 0 Å². The highest BCUT2D eigenvalue weighted by molar-refractivity contribution is 8.27. The van der Waals surface area contributed by atoms with Crippen LogP contribution in [0.4, 0.5) is 10.1 Å². The van der Waals surface area contributed by atoms with E-state index in [1.165, 1.54) is 22.7 Å². The maximum Gasteiger partial charge on any atom is 0.270 e. The number of hydrogen-bond donors (Lipinski definition) is 0. The van der Waals surface area contributed by atoms with Crippen LogP contribution in [-0.4, -0.2) is 10.2 Å². The van der Waals surface area contributed by atoms with E-state index in [9.17, 15) is 9.18 Å². The van der Waals surface area contributed by atoms with Crippen LogP contribution >= 0.6 is 24.0 Å². The SMILES string of the molecule is Cc1ccccc1N1C(=O)/C(=C\c2ccccc2F)SC1=S. The lowest BCUT2D eigenvalue weighted by Gasteiger charge is -2.16. The molecule has 0 radical (unpaired) electrons. The van der Waals surface area contributed by atoms with E-state index in [0.717, 1.165) is 11.3 Å². The van der Waals surface area contributed by atoms with Gasteiger partial charge in [0, 0.05) is 5.56 Å². The van der Waals surface area contributed by atoms with E-state index in [1.54, 1.807) is 24.3 Å². The Morgan fingerprint density at radius 3 is 2.55 bits per heavy atom. The molecular weight excluding hydrogens is 317 g/mol. The first-order chi connectivity index (χ1) is 10.6. The Hall–Kier alpha value is -1.98. The van der Waals surface area contributed by atoms with E-state index in [2.05, 4.69) is 0 Å². The van der Waals surface area contributed by atoms with Gasteiger partial charge in [0.15, 0.2) is 4.32 Å². The number of halogens is 1. The number of nitrogens with zero attached hydrogens (tertiary/aromatic N) is 1. The maximum absolute atomic E-state index is 13.7. The molecule has 5 heteroatoms. The number of benzene rings is 2. The van der Waals surface area contributed by atoms with Crippen molar-refractivity contribution in [3.05, 3.63) is 70.4 Å². The molecule has 2 aromatic rings. The number of amides is 1. The molecule has 1 amide bonds. The van der Waals surface area contributed by atoms with Crippen LogP contribution in [-0.2, 0) is 4.79 Å². The number of para-hydroxylation sites is 1. The molecule has 0 aliphatic carbocycles. The summed E-state index contributed by atoms with van der Waals surface area (Å²) in [5.74, 6) is -0.573. The van der Waals surface area contributed by atoms with Crippen molar-refractivity contribution >= 4 is 46.0 Å². The third kappa shape index (κ3) is 2.69. The van der Waals surface area contributed by atoms with Crippen LogP contribution in [0, 0.1) is 12.7 Å². The summed E-state index contributed by atoms with van der Waals surface area (Å²) in [6, 6.07) is 13.9. The van der Waals surface area contributed by atoms with Gasteiger partial charge in [-0.25, -0.2) is 4.39 Å². The van der Waals surface area contributed by atoms with Crippen molar-refractivity contribution < 1.29 is 9.18 Å². The topological polar surface area (TPSA) is 20.3 Å². The first-order valence-corrected chi connectivity index (χ1v) is 7.88. The molecule has 1 fully saturated rings. The number of thiocarbonyl (C=S) groups is 1. The zero-order chi connectivity index (χ0) is 15.7. The summed E-state index contributed by atoms with van der Waals surface area (Å²) >= 11 is 6.51. The Morgan fingerprint density at radius 1 is 1.14 bits per heavy atom. The fraction of sp³-hybridized carbons (Fsp3) is 0.0588. The largest absolute Gasteiger partial charge is 0.270 e. The van der Waals surface area contributed by atoms with Crippen molar-refractivity contribution in [2.45, 2.75) is 6.92 Å². The van der Waals surface area contributed by atoms with Crippen LogP contribution in [0.1, 0.15) is 11.1 Å². The summed E-state index contributed by atoms with van der Waals surface area (Å²) in [6.45, 7) is 1.93. The lowest BCUT2D eigenvalue weighted by Crippen LogP contribution is -2.28. The standard InChI is InChI=1S/C17H12FNOS2/c1-11-6-2-5-9-14(11)19-16(20)15(22-17(19)21)10-12-7-3-4-8-13(12)18/h2-10H,1H3/b15-10+. The van der Waals surface area contributed by atoms with Crippen LogP contribution in [0.5, 0.6) is 0 Å². The predicted octanol–water partition coefficient (Wildman–Crippen LogP) is 4.54. The second-order valence-corrected chi connectivity index (χ2v) is 6.50. The van der Waals surface area contributed by atoms with Gasteiger partial charge in [0.1, 0.15) is 5.82 Å². The van der Waals surface area contributed by atoms with Crippen molar-refractivity contribution in [1.82, 2.24) is 0 Å². The minimum absolute atomic E-state index is 0.215. The average molecular weight is 329 g/mol. The van der Waals surface area contributed by atoms with Crippen LogP contribution in [0.25, 0.3) is 6.08 Å². The zero-order valence-corrected chi connectivity index (χ0v) is 13.4.